The lowest BCUT2D eigenvalue weighted by molar-refractivity contribution is 0.0697. The zero-order chi connectivity index (χ0) is 22.4. The summed E-state index contributed by atoms with van der Waals surface area (Å²) >= 11 is 0. The van der Waals surface area contributed by atoms with Crippen LogP contribution in [0.1, 0.15) is 21.5 Å². The van der Waals surface area contributed by atoms with Crippen molar-refractivity contribution < 1.29 is 27.8 Å². The van der Waals surface area contributed by atoms with Gasteiger partial charge in [0.15, 0.2) is 11.3 Å². The van der Waals surface area contributed by atoms with Crippen LogP contribution in [-0.2, 0) is 17.7 Å². The van der Waals surface area contributed by atoms with Crippen molar-refractivity contribution in [1.29, 1.82) is 0 Å². The van der Waals surface area contributed by atoms with E-state index in [0.29, 0.717) is 62.0 Å². The summed E-state index contributed by atoms with van der Waals surface area (Å²) in [6, 6.07) is 6.23. The normalized spacial score (nSPS) is 15.9. The van der Waals surface area contributed by atoms with E-state index in [-0.39, 0.29) is 28.5 Å². The number of ether oxygens (including phenoxy) is 1. The fourth-order valence-corrected chi connectivity index (χ4v) is 4.35. The maximum absolute atomic E-state index is 14.2. The molecule has 0 saturated carbocycles. The number of morpholine rings is 1. The average molecular weight is 442 g/mol. The van der Waals surface area contributed by atoms with Crippen molar-refractivity contribution >= 4 is 28.5 Å². The van der Waals surface area contributed by atoms with Crippen molar-refractivity contribution in [3.05, 3.63) is 68.9 Å². The summed E-state index contributed by atoms with van der Waals surface area (Å²) < 4.78 is 39.5. The number of anilines is 2. The molecule has 1 fully saturated rings. The van der Waals surface area contributed by atoms with Gasteiger partial charge in [0.05, 0.1) is 24.2 Å². The Morgan fingerprint density at radius 3 is 2.59 bits per heavy atom. The molecule has 0 aliphatic carbocycles. The molecule has 0 spiro atoms. The Morgan fingerprint density at radius 1 is 1.06 bits per heavy atom. The molecular weight excluding hydrogens is 422 g/mol. The first-order chi connectivity index (χ1) is 15.4. The third-order valence-corrected chi connectivity index (χ3v) is 5.93. The van der Waals surface area contributed by atoms with Gasteiger partial charge >= 0.3 is 5.97 Å². The van der Waals surface area contributed by atoms with Crippen LogP contribution >= 0.6 is 0 Å². The van der Waals surface area contributed by atoms with Gasteiger partial charge in [-0.25, -0.2) is 13.6 Å². The summed E-state index contributed by atoms with van der Waals surface area (Å²) in [7, 11) is 0. The van der Waals surface area contributed by atoms with Gasteiger partial charge in [-0.1, -0.05) is 0 Å². The number of halogens is 2. The van der Waals surface area contributed by atoms with Crippen LogP contribution in [-0.4, -0.2) is 43.9 Å². The molecule has 2 aliphatic rings. The molecule has 0 radical (unpaired) electrons. The van der Waals surface area contributed by atoms with E-state index in [1.54, 1.807) is 4.90 Å². The summed E-state index contributed by atoms with van der Waals surface area (Å²) in [4.78, 5) is 28.2. The number of fused-ring (bicyclic) bond motifs is 2. The Hall–Kier alpha value is -3.46. The van der Waals surface area contributed by atoms with Crippen LogP contribution in [0.3, 0.4) is 0 Å². The summed E-state index contributed by atoms with van der Waals surface area (Å²) in [6.07, 6.45) is 0.404. The van der Waals surface area contributed by atoms with E-state index < -0.39 is 17.6 Å². The fourth-order valence-electron chi connectivity index (χ4n) is 4.35. The Bertz CT molecular complexity index is 1280. The molecule has 2 aromatic carbocycles. The molecule has 32 heavy (non-hydrogen) atoms. The standard InChI is InChI=1S/C23H20F2N2O5/c24-15-9-18(25)16-1-2-27(19(16)10-15)12-14-7-13(23(29)30)8-17-20(28)11-21(32-22(14)17)26-3-5-31-6-4-26/h7-11H,1-6,12H2,(H,29,30). The quantitative estimate of drug-likeness (QED) is 0.665. The van der Waals surface area contributed by atoms with Crippen LogP contribution in [0.5, 0.6) is 0 Å². The van der Waals surface area contributed by atoms with Crippen molar-refractivity contribution in [1.82, 2.24) is 0 Å². The van der Waals surface area contributed by atoms with Gasteiger partial charge in [0.25, 0.3) is 0 Å². The van der Waals surface area contributed by atoms with Crippen LogP contribution in [0, 0.1) is 11.6 Å². The molecule has 2 aliphatic heterocycles. The molecule has 7 nitrogen and oxygen atoms in total. The number of hydrogen-bond acceptors (Lipinski definition) is 6. The first-order valence-corrected chi connectivity index (χ1v) is 10.3. The molecule has 3 heterocycles. The second-order valence-corrected chi connectivity index (χ2v) is 7.92. The van der Waals surface area contributed by atoms with E-state index in [4.69, 9.17) is 9.15 Å². The van der Waals surface area contributed by atoms with Gasteiger partial charge in [-0.05, 0) is 24.6 Å². The van der Waals surface area contributed by atoms with Crippen molar-refractivity contribution in [3.63, 3.8) is 0 Å². The van der Waals surface area contributed by atoms with Gasteiger partial charge in [-0.3, -0.25) is 4.79 Å². The van der Waals surface area contributed by atoms with E-state index >= 15 is 0 Å². The number of carboxylic acid groups (broad SMARTS) is 1. The van der Waals surface area contributed by atoms with Crippen LogP contribution in [0.2, 0.25) is 0 Å². The molecule has 166 valence electrons. The predicted octanol–water partition coefficient (Wildman–Crippen LogP) is 3.17. The number of carbonyl (C=O) groups is 1. The number of hydrogen-bond donors (Lipinski definition) is 1. The maximum atomic E-state index is 14.2. The second-order valence-electron chi connectivity index (χ2n) is 7.92. The molecule has 1 N–H and O–H groups in total. The smallest absolute Gasteiger partial charge is 0.335 e. The SMILES string of the molecule is O=C(O)c1cc(CN2CCc3c(F)cc(F)cc32)c2oc(N3CCOCC3)cc(=O)c2c1. The lowest BCUT2D eigenvalue weighted by atomic mass is 10.0. The van der Waals surface area contributed by atoms with Crippen LogP contribution in [0.15, 0.2) is 39.5 Å². The fraction of sp³-hybridized carbons (Fsp3) is 0.304. The molecule has 9 heteroatoms. The van der Waals surface area contributed by atoms with E-state index in [9.17, 15) is 23.5 Å². The molecule has 0 amide bonds. The molecule has 0 bridgehead atoms. The molecule has 5 rings (SSSR count). The minimum absolute atomic E-state index is 0.0521. The highest BCUT2D eigenvalue weighted by atomic mass is 19.1. The zero-order valence-electron chi connectivity index (χ0n) is 17.1. The topological polar surface area (TPSA) is 83.2 Å². The number of nitrogens with zero attached hydrogens (tertiary/aromatic N) is 2. The minimum Gasteiger partial charge on any atom is -0.478 e. The number of aromatic carboxylic acids is 1. The first-order valence-electron chi connectivity index (χ1n) is 10.3. The molecule has 1 saturated heterocycles. The highest BCUT2D eigenvalue weighted by molar-refractivity contribution is 5.94. The predicted molar refractivity (Wildman–Crippen MR) is 114 cm³/mol. The Morgan fingerprint density at radius 2 is 1.84 bits per heavy atom. The number of benzene rings is 2. The summed E-state index contributed by atoms with van der Waals surface area (Å²) in [6.45, 7) is 2.72. The third-order valence-electron chi connectivity index (χ3n) is 5.93. The molecule has 0 unspecified atom stereocenters. The van der Waals surface area contributed by atoms with Gasteiger partial charge in [-0.15, -0.1) is 0 Å². The Kier molecular flexibility index (Phi) is 5.05. The largest absolute Gasteiger partial charge is 0.478 e. The second kappa shape index (κ2) is 7.90. The highest BCUT2D eigenvalue weighted by Crippen LogP contribution is 2.34. The van der Waals surface area contributed by atoms with Crippen molar-refractivity contribution in [2.24, 2.45) is 0 Å². The molecular formula is C23H20F2N2O5. The summed E-state index contributed by atoms with van der Waals surface area (Å²) in [5.74, 6) is -2.08. The van der Waals surface area contributed by atoms with Gasteiger partial charge in [0.2, 0.25) is 0 Å². The highest BCUT2D eigenvalue weighted by Gasteiger charge is 2.26. The molecule has 0 atom stereocenters. The summed E-state index contributed by atoms with van der Waals surface area (Å²) in [5.41, 5.74) is 1.17. The van der Waals surface area contributed by atoms with Gasteiger partial charge in [-0.2, -0.15) is 0 Å². The Labute approximate surface area is 181 Å². The lowest BCUT2D eigenvalue weighted by Gasteiger charge is -2.27. The Balaban J connectivity index is 1.62. The van der Waals surface area contributed by atoms with Crippen LogP contribution < -0.4 is 15.2 Å². The van der Waals surface area contributed by atoms with Crippen LogP contribution in [0.4, 0.5) is 20.4 Å². The van der Waals surface area contributed by atoms with Crippen molar-refractivity contribution in [2.75, 3.05) is 42.6 Å². The van der Waals surface area contributed by atoms with E-state index in [1.807, 2.05) is 4.90 Å². The lowest BCUT2D eigenvalue weighted by Crippen LogP contribution is -2.36. The van der Waals surface area contributed by atoms with Gasteiger partial charge < -0.3 is 24.1 Å². The maximum Gasteiger partial charge on any atom is 0.335 e. The van der Waals surface area contributed by atoms with Crippen molar-refractivity contribution in [2.45, 2.75) is 13.0 Å². The van der Waals surface area contributed by atoms with Gasteiger partial charge in [0, 0.05) is 55.1 Å². The average Bonchev–Trinajstić information content (AvgIpc) is 3.17. The minimum atomic E-state index is -1.18. The monoisotopic (exact) mass is 442 g/mol. The van der Waals surface area contributed by atoms with Crippen molar-refractivity contribution in [3.8, 4) is 0 Å². The van der Waals surface area contributed by atoms with Crippen LogP contribution in [0.25, 0.3) is 11.0 Å². The van der Waals surface area contributed by atoms with E-state index in [2.05, 4.69) is 0 Å². The van der Waals surface area contributed by atoms with Gasteiger partial charge in [0.1, 0.15) is 17.2 Å². The molecule has 1 aromatic heterocycles. The van der Waals surface area contributed by atoms with E-state index in [1.165, 1.54) is 24.3 Å². The molecule has 3 aromatic rings. The van der Waals surface area contributed by atoms with E-state index in [0.717, 1.165) is 6.07 Å². The summed E-state index contributed by atoms with van der Waals surface area (Å²) in [5, 5.41) is 9.70. The zero-order valence-corrected chi connectivity index (χ0v) is 17.1. The third kappa shape index (κ3) is 3.58. The number of rotatable bonds is 4. The number of carboxylic acids is 1. The first kappa shape index (κ1) is 20.4.